The van der Waals surface area contributed by atoms with Crippen LogP contribution in [0.15, 0.2) is 71.5 Å². The van der Waals surface area contributed by atoms with Crippen LogP contribution in [0.4, 0.5) is 0 Å². The maximum Gasteiger partial charge on any atom is 0.258 e. The fourth-order valence-corrected chi connectivity index (χ4v) is 3.21. The van der Waals surface area contributed by atoms with Crippen LogP contribution in [0.2, 0.25) is 0 Å². The number of nitrogens with zero attached hydrogens (tertiary/aromatic N) is 1. The van der Waals surface area contributed by atoms with E-state index in [-0.39, 0.29) is 11.6 Å². The van der Waals surface area contributed by atoms with Crippen LogP contribution < -0.4 is 10.9 Å². The number of nitrogens with one attached hydrogen (secondary N) is 2. The van der Waals surface area contributed by atoms with Crippen molar-refractivity contribution >= 4 is 21.7 Å². The van der Waals surface area contributed by atoms with E-state index in [1.165, 1.54) is 16.3 Å². The maximum absolute atomic E-state index is 12.2. The molecule has 3 aromatic carbocycles. The van der Waals surface area contributed by atoms with E-state index < -0.39 is 0 Å². The van der Waals surface area contributed by atoms with Crippen LogP contribution in [0.1, 0.15) is 24.4 Å². The van der Waals surface area contributed by atoms with Crippen molar-refractivity contribution in [2.45, 2.75) is 19.5 Å². The van der Waals surface area contributed by atoms with Crippen LogP contribution in [0.25, 0.3) is 21.7 Å². The molecule has 1 atom stereocenters. The molecule has 0 aliphatic carbocycles. The predicted octanol–water partition coefficient (Wildman–Crippen LogP) is 3.93. The molecular formula is C21H19N3O. The Labute approximate surface area is 145 Å². The molecule has 4 aromatic rings. The Bertz CT molecular complexity index is 1100. The number of hydrogen-bond acceptors (Lipinski definition) is 3. The lowest BCUT2D eigenvalue weighted by molar-refractivity contribution is 0.562. The zero-order chi connectivity index (χ0) is 17.2. The molecule has 1 heterocycles. The summed E-state index contributed by atoms with van der Waals surface area (Å²) in [7, 11) is 0. The first-order chi connectivity index (χ1) is 12.2. The minimum absolute atomic E-state index is 0.0970. The molecule has 0 saturated heterocycles. The molecule has 0 aliphatic heterocycles. The third-order valence-corrected chi connectivity index (χ3v) is 4.53. The highest BCUT2D eigenvalue weighted by Crippen LogP contribution is 2.24. The van der Waals surface area contributed by atoms with Gasteiger partial charge in [0.15, 0.2) is 0 Å². The summed E-state index contributed by atoms with van der Waals surface area (Å²) in [5.74, 6) is 0.649. The average Bonchev–Trinajstić information content (AvgIpc) is 2.66. The van der Waals surface area contributed by atoms with Gasteiger partial charge in [0.25, 0.3) is 5.56 Å². The van der Waals surface area contributed by atoms with Gasteiger partial charge in [0, 0.05) is 6.04 Å². The lowest BCUT2D eigenvalue weighted by atomic mass is 10.00. The highest BCUT2D eigenvalue weighted by atomic mass is 16.1. The number of hydrogen-bond donors (Lipinski definition) is 2. The molecule has 4 heteroatoms. The molecule has 4 nitrogen and oxygen atoms in total. The highest BCUT2D eigenvalue weighted by Gasteiger charge is 2.10. The number of H-pyrrole nitrogens is 1. The third kappa shape index (κ3) is 3.04. The Morgan fingerprint density at radius 3 is 2.56 bits per heavy atom. The van der Waals surface area contributed by atoms with Gasteiger partial charge in [0.05, 0.1) is 17.4 Å². The minimum atomic E-state index is -0.0970. The number of aromatic amines is 1. The molecule has 0 unspecified atom stereocenters. The summed E-state index contributed by atoms with van der Waals surface area (Å²) in [4.78, 5) is 19.6. The van der Waals surface area contributed by atoms with Crippen molar-refractivity contribution in [2.75, 3.05) is 0 Å². The van der Waals surface area contributed by atoms with Crippen LogP contribution in [0.5, 0.6) is 0 Å². The van der Waals surface area contributed by atoms with Gasteiger partial charge in [-0.05, 0) is 35.4 Å². The zero-order valence-electron chi connectivity index (χ0n) is 14.0. The van der Waals surface area contributed by atoms with E-state index in [0.717, 1.165) is 5.52 Å². The molecule has 25 heavy (non-hydrogen) atoms. The molecule has 124 valence electrons. The fraction of sp³-hybridized carbons (Fsp3) is 0.143. The Morgan fingerprint density at radius 2 is 1.68 bits per heavy atom. The van der Waals surface area contributed by atoms with Crippen molar-refractivity contribution in [2.24, 2.45) is 0 Å². The van der Waals surface area contributed by atoms with Crippen molar-refractivity contribution in [3.05, 3.63) is 88.5 Å². The van der Waals surface area contributed by atoms with Crippen molar-refractivity contribution in [1.82, 2.24) is 15.3 Å². The quantitative estimate of drug-likeness (QED) is 0.596. The van der Waals surface area contributed by atoms with Gasteiger partial charge in [-0.15, -0.1) is 0 Å². The van der Waals surface area contributed by atoms with Crippen LogP contribution in [-0.2, 0) is 6.54 Å². The first kappa shape index (κ1) is 15.5. The van der Waals surface area contributed by atoms with Crippen molar-refractivity contribution in [1.29, 1.82) is 0 Å². The topological polar surface area (TPSA) is 57.8 Å². The summed E-state index contributed by atoms with van der Waals surface area (Å²) in [5, 5.41) is 6.55. The third-order valence-electron chi connectivity index (χ3n) is 4.53. The average molecular weight is 329 g/mol. The van der Waals surface area contributed by atoms with Gasteiger partial charge >= 0.3 is 0 Å². The lowest BCUT2D eigenvalue weighted by Gasteiger charge is -2.16. The van der Waals surface area contributed by atoms with Crippen LogP contribution >= 0.6 is 0 Å². The van der Waals surface area contributed by atoms with Crippen LogP contribution in [0.3, 0.4) is 0 Å². The minimum Gasteiger partial charge on any atom is -0.309 e. The highest BCUT2D eigenvalue weighted by molar-refractivity contribution is 5.86. The van der Waals surface area contributed by atoms with Gasteiger partial charge in [-0.25, -0.2) is 4.98 Å². The van der Waals surface area contributed by atoms with E-state index in [0.29, 0.717) is 17.8 Å². The number of benzene rings is 3. The molecule has 0 fully saturated rings. The smallest absolute Gasteiger partial charge is 0.258 e. The van der Waals surface area contributed by atoms with Crippen molar-refractivity contribution < 1.29 is 0 Å². The monoisotopic (exact) mass is 329 g/mol. The van der Waals surface area contributed by atoms with Crippen LogP contribution in [-0.4, -0.2) is 9.97 Å². The Balaban J connectivity index is 1.59. The summed E-state index contributed by atoms with van der Waals surface area (Å²) in [5.41, 5.74) is 1.86. The molecular weight excluding hydrogens is 310 g/mol. The normalized spacial score (nSPS) is 12.5. The van der Waals surface area contributed by atoms with E-state index in [9.17, 15) is 4.79 Å². The van der Waals surface area contributed by atoms with Gasteiger partial charge in [0.1, 0.15) is 5.82 Å². The first-order valence-corrected chi connectivity index (χ1v) is 8.41. The number of aromatic nitrogens is 2. The molecule has 0 spiro atoms. The van der Waals surface area contributed by atoms with Crippen LogP contribution in [0, 0.1) is 0 Å². The Kier molecular flexibility index (Phi) is 4.04. The largest absolute Gasteiger partial charge is 0.309 e. The molecule has 0 bridgehead atoms. The molecule has 0 radical (unpaired) electrons. The Hall–Kier alpha value is -2.98. The second-order valence-electron chi connectivity index (χ2n) is 6.20. The number of rotatable bonds is 4. The summed E-state index contributed by atoms with van der Waals surface area (Å²) in [6, 6.07) is 22.2. The van der Waals surface area contributed by atoms with Gasteiger partial charge < -0.3 is 10.3 Å². The molecule has 0 amide bonds. The standard InChI is InChI=1S/C21H19N3O/c1-14(16-11-6-8-15-7-2-3-9-17(15)16)22-13-20-23-19-12-5-4-10-18(19)21(25)24-20/h2-12,14,22H,13H2,1H3,(H,23,24,25)/t14-/m1/s1. The fourth-order valence-electron chi connectivity index (χ4n) is 3.21. The second-order valence-corrected chi connectivity index (χ2v) is 6.20. The SMILES string of the molecule is C[C@@H](NCc1nc2ccccc2c(=O)[nH]1)c1cccc2ccccc12. The maximum atomic E-state index is 12.2. The lowest BCUT2D eigenvalue weighted by Crippen LogP contribution is -2.22. The van der Waals surface area contributed by atoms with Gasteiger partial charge in [-0.1, -0.05) is 54.6 Å². The molecule has 0 saturated carbocycles. The van der Waals surface area contributed by atoms with Gasteiger partial charge in [-0.3, -0.25) is 4.79 Å². The van der Waals surface area contributed by atoms with E-state index in [4.69, 9.17) is 0 Å². The summed E-state index contributed by atoms with van der Waals surface area (Å²) in [6.07, 6.45) is 0. The van der Waals surface area contributed by atoms with Crippen molar-refractivity contribution in [3.63, 3.8) is 0 Å². The molecule has 4 rings (SSSR count). The van der Waals surface area contributed by atoms with E-state index >= 15 is 0 Å². The summed E-state index contributed by atoms with van der Waals surface area (Å²) >= 11 is 0. The number of fused-ring (bicyclic) bond motifs is 2. The molecule has 2 N–H and O–H groups in total. The van der Waals surface area contributed by atoms with E-state index in [2.05, 4.69) is 58.6 Å². The summed E-state index contributed by atoms with van der Waals surface area (Å²) < 4.78 is 0. The predicted molar refractivity (Wildman–Crippen MR) is 102 cm³/mol. The molecule has 1 aromatic heterocycles. The van der Waals surface area contributed by atoms with Gasteiger partial charge in [-0.2, -0.15) is 0 Å². The number of para-hydroxylation sites is 1. The van der Waals surface area contributed by atoms with Crippen molar-refractivity contribution in [3.8, 4) is 0 Å². The van der Waals surface area contributed by atoms with E-state index in [1.807, 2.05) is 24.3 Å². The van der Waals surface area contributed by atoms with Gasteiger partial charge in [0.2, 0.25) is 0 Å². The zero-order valence-corrected chi connectivity index (χ0v) is 14.0. The van der Waals surface area contributed by atoms with E-state index in [1.54, 1.807) is 6.07 Å². The Morgan fingerprint density at radius 1 is 0.960 bits per heavy atom. The second kappa shape index (κ2) is 6.49. The first-order valence-electron chi connectivity index (χ1n) is 8.41. The summed E-state index contributed by atoms with van der Waals surface area (Å²) in [6.45, 7) is 2.63. The molecule has 0 aliphatic rings.